The van der Waals surface area contributed by atoms with Gasteiger partial charge in [0.25, 0.3) is 0 Å². The van der Waals surface area contributed by atoms with Crippen molar-refractivity contribution in [3.8, 4) is 5.88 Å². The average molecular weight is 275 g/mol. The van der Waals surface area contributed by atoms with Gasteiger partial charge in [-0.2, -0.15) is 0 Å². The molecule has 1 saturated carbocycles. The van der Waals surface area contributed by atoms with Gasteiger partial charge in [0.1, 0.15) is 0 Å². The fraction of sp³-hybridized carbons (Fsp3) is 0.600. The lowest BCUT2D eigenvalue weighted by Gasteiger charge is -2.14. The first-order chi connectivity index (χ1) is 9.78. The number of fused-ring (bicyclic) bond motifs is 1. The summed E-state index contributed by atoms with van der Waals surface area (Å²) in [5.41, 5.74) is 8.66. The zero-order valence-electron chi connectivity index (χ0n) is 11.6. The highest BCUT2D eigenvalue weighted by molar-refractivity contribution is 5.99. The molecule has 1 heterocycles. The number of nitrogens with two attached hydrogens (primary N) is 1. The van der Waals surface area contributed by atoms with Gasteiger partial charge in [0.2, 0.25) is 5.88 Å². The normalized spacial score (nSPS) is 19.3. The standard InChI is InChI=1S/C15H21N3O2/c16-14(18-19)12-8-11-6-3-7-13(11)17-15(12)20-9-10-4-1-2-5-10/h8,10,19H,1-7,9H2,(H2,16,18). The Morgan fingerprint density at radius 1 is 1.35 bits per heavy atom. The molecule has 1 fully saturated rings. The Bertz CT molecular complexity index is 522. The molecular formula is C15H21N3O2. The third-order valence-electron chi connectivity index (χ3n) is 4.33. The maximum atomic E-state index is 8.92. The van der Waals surface area contributed by atoms with Gasteiger partial charge in [-0.1, -0.05) is 18.0 Å². The van der Waals surface area contributed by atoms with Crippen molar-refractivity contribution >= 4 is 5.84 Å². The van der Waals surface area contributed by atoms with Gasteiger partial charge in [0.15, 0.2) is 5.84 Å². The van der Waals surface area contributed by atoms with Crippen LogP contribution in [0, 0.1) is 5.92 Å². The van der Waals surface area contributed by atoms with Gasteiger partial charge in [-0.05, 0) is 49.7 Å². The second-order valence-corrected chi connectivity index (χ2v) is 5.75. The highest BCUT2D eigenvalue weighted by atomic mass is 16.5. The van der Waals surface area contributed by atoms with Crippen molar-refractivity contribution in [3.05, 3.63) is 22.9 Å². The molecule has 0 radical (unpaired) electrons. The van der Waals surface area contributed by atoms with Crippen molar-refractivity contribution in [2.24, 2.45) is 16.8 Å². The van der Waals surface area contributed by atoms with E-state index in [0.29, 0.717) is 24.0 Å². The molecule has 3 rings (SSSR count). The fourth-order valence-electron chi connectivity index (χ4n) is 3.17. The summed E-state index contributed by atoms with van der Waals surface area (Å²) in [6.45, 7) is 0.678. The van der Waals surface area contributed by atoms with E-state index in [1.807, 2.05) is 6.07 Å². The number of oxime groups is 1. The molecule has 0 saturated heterocycles. The van der Waals surface area contributed by atoms with Crippen molar-refractivity contribution in [1.29, 1.82) is 0 Å². The summed E-state index contributed by atoms with van der Waals surface area (Å²) in [4.78, 5) is 4.59. The molecule has 20 heavy (non-hydrogen) atoms. The largest absolute Gasteiger partial charge is 0.477 e. The zero-order valence-corrected chi connectivity index (χ0v) is 11.6. The molecule has 3 N–H and O–H groups in total. The lowest BCUT2D eigenvalue weighted by molar-refractivity contribution is 0.242. The Morgan fingerprint density at radius 2 is 2.15 bits per heavy atom. The summed E-state index contributed by atoms with van der Waals surface area (Å²) in [5, 5.41) is 12.0. The molecular weight excluding hydrogens is 254 g/mol. The van der Waals surface area contributed by atoms with Crippen LogP contribution in [0.4, 0.5) is 0 Å². The SMILES string of the molecule is NC(=NO)c1cc2c(nc1OCC1CCCC1)CCC2. The first-order valence-corrected chi connectivity index (χ1v) is 7.41. The van der Waals surface area contributed by atoms with Crippen LogP contribution in [0.2, 0.25) is 0 Å². The Kier molecular flexibility index (Phi) is 3.76. The number of aromatic nitrogens is 1. The van der Waals surface area contributed by atoms with E-state index in [9.17, 15) is 0 Å². The van der Waals surface area contributed by atoms with Crippen LogP contribution >= 0.6 is 0 Å². The molecule has 1 aromatic rings. The van der Waals surface area contributed by atoms with Crippen molar-refractivity contribution < 1.29 is 9.94 Å². The summed E-state index contributed by atoms with van der Waals surface area (Å²) in [5.74, 6) is 1.21. The third kappa shape index (κ3) is 2.57. The van der Waals surface area contributed by atoms with Crippen LogP contribution in [0.1, 0.15) is 48.9 Å². The molecule has 0 atom stereocenters. The van der Waals surface area contributed by atoms with Crippen LogP contribution in [0.3, 0.4) is 0 Å². The first-order valence-electron chi connectivity index (χ1n) is 7.41. The lowest BCUT2D eigenvalue weighted by Crippen LogP contribution is -2.18. The van der Waals surface area contributed by atoms with Gasteiger partial charge in [-0.25, -0.2) is 4.98 Å². The predicted octanol–water partition coefficient (Wildman–Crippen LogP) is 2.23. The van der Waals surface area contributed by atoms with Crippen molar-refractivity contribution in [3.63, 3.8) is 0 Å². The number of nitrogens with zero attached hydrogens (tertiary/aromatic N) is 2. The number of pyridine rings is 1. The Balaban J connectivity index is 1.83. The summed E-state index contributed by atoms with van der Waals surface area (Å²) in [6, 6.07) is 1.97. The number of aryl methyl sites for hydroxylation is 2. The summed E-state index contributed by atoms with van der Waals surface area (Å²) < 4.78 is 5.89. The van der Waals surface area contributed by atoms with Gasteiger partial charge in [0, 0.05) is 5.69 Å². The van der Waals surface area contributed by atoms with Gasteiger partial charge in [-0.15, -0.1) is 0 Å². The molecule has 108 valence electrons. The molecule has 0 aromatic carbocycles. The van der Waals surface area contributed by atoms with Gasteiger partial charge >= 0.3 is 0 Å². The van der Waals surface area contributed by atoms with Crippen molar-refractivity contribution in [2.45, 2.75) is 44.9 Å². The Morgan fingerprint density at radius 3 is 2.90 bits per heavy atom. The zero-order chi connectivity index (χ0) is 13.9. The summed E-state index contributed by atoms with van der Waals surface area (Å²) in [6.07, 6.45) is 8.15. The lowest BCUT2D eigenvalue weighted by atomic mass is 10.1. The number of ether oxygens (including phenoxy) is 1. The molecule has 2 aliphatic carbocycles. The molecule has 0 spiro atoms. The van der Waals surface area contributed by atoms with E-state index in [2.05, 4.69) is 10.1 Å². The van der Waals surface area contributed by atoms with Crippen LogP contribution in [-0.2, 0) is 12.8 Å². The highest BCUT2D eigenvalue weighted by Crippen LogP contribution is 2.29. The maximum Gasteiger partial charge on any atom is 0.224 e. The number of hydrogen-bond acceptors (Lipinski definition) is 4. The predicted molar refractivity (Wildman–Crippen MR) is 76.2 cm³/mol. The van der Waals surface area contributed by atoms with E-state index < -0.39 is 0 Å². The van der Waals surface area contributed by atoms with Crippen LogP contribution in [0.25, 0.3) is 0 Å². The molecule has 0 bridgehead atoms. The molecule has 0 aliphatic heterocycles. The average Bonchev–Trinajstić information content (AvgIpc) is 3.13. The third-order valence-corrected chi connectivity index (χ3v) is 4.33. The Hall–Kier alpha value is -1.78. The van der Waals surface area contributed by atoms with Crippen LogP contribution in [-0.4, -0.2) is 22.6 Å². The number of amidine groups is 1. The van der Waals surface area contributed by atoms with E-state index in [1.54, 1.807) is 0 Å². The van der Waals surface area contributed by atoms with E-state index in [0.717, 1.165) is 25.0 Å². The van der Waals surface area contributed by atoms with Gasteiger partial charge < -0.3 is 15.7 Å². The maximum absolute atomic E-state index is 8.92. The van der Waals surface area contributed by atoms with E-state index in [1.165, 1.54) is 31.2 Å². The molecule has 0 unspecified atom stereocenters. The topological polar surface area (TPSA) is 80.7 Å². The number of hydrogen-bond donors (Lipinski definition) is 2. The van der Waals surface area contributed by atoms with Crippen LogP contribution < -0.4 is 10.5 Å². The second kappa shape index (κ2) is 5.69. The van der Waals surface area contributed by atoms with Gasteiger partial charge in [-0.3, -0.25) is 0 Å². The quantitative estimate of drug-likeness (QED) is 0.382. The minimum atomic E-state index is 0.0774. The molecule has 5 heteroatoms. The summed E-state index contributed by atoms with van der Waals surface area (Å²) >= 11 is 0. The Labute approximate surface area is 118 Å². The van der Waals surface area contributed by atoms with E-state index in [-0.39, 0.29) is 5.84 Å². The minimum Gasteiger partial charge on any atom is -0.477 e. The van der Waals surface area contributed by atoms with E-state index >= 15 is 0 Å². The van der Waals surface area contributed by atoms with E-state index in [4.69, 9.17) is 15.7 Å². The van der Waals surface area contributed by atoms with Gasteiger partial charge in [0.05, 0.1) is 12.2 Å². The smallest absolute Gasteiger partial charge is 0.224 e. The molecule has 1 aromatic heterocycles. The fourth-order valence-corrected chi connectivity index (χ4v) is 3.17. The van der Waals surface area contributed by atoms with Crippen molar-refractivity contribution in [2.75, 3.05) is 6.61 Å². The highest BCUT2D eigenvalue weighted by Gasteiger charge is 2.21. The summed E-state index contributed by atoms with van der Waals surface area (Å²) in [7, 11) is 0. The van der Waals surface area contributed by atoms with Crippen LogP contribution in [0.15, 0.2) is 11.2 Å². The van der Waals surface area contributed by atoms with Crippen molar-refractivity contribution in [1.82, 2.24) is 4.98 Å². The molecule has 5 nitrogen and oxygen atoms in total. The minimum absolute atomic E-state index is 0.0774. The first kappa shape index (κ1) is 13.2. The second-order valence-electron chi connectivity index (χ2n) is 5.75. The number of rotatable bonds is 4. The molecule has 0 amide bonds. The van der Waals surface area contributed by atoms with Crippen LogP contribution in [0.5, 0.6) is 5.88 Å². The molecule has 2 aliphatic rings. The monoisotopic (exact) mass is 275 g/mol.